The number of rotatable bonds is 4. The predicted molar refractivity (Wildman–Crippen MR) is 68.7 cm³/mol. The van der Waals surface area contributed by atoms with Crippen LogP contribution in [0.25, 0.3) is 0 Å². The van der Waals surface area contributed by atoms with Crippen molar-refractivity contribution in [3.8, 4) is 0 Å². The smallest absolute Gasteiger partial charge is 0.122 e. The molecular formula is C12H24N4. The van der Waals surface area contributed by atoms with E-state index in [0.717, 1.165) is 19.0 Å². The van der Waals surface area contributed by atoms with Gasteiger partial charge in [0.1, 0.15) is 5.84 Å². The summed E-state index contributed by atoms with van der Waals surface area (Å²) in [6.07, 6.45) is 6.03. The fourth-order valence-electron chi connectivity index (χ4n) is 2.30. The highest BCUT2D eigenvalue weighted by Crippen LogP contribution is 2.20. The highest BCUT2D eigenvalue weighted by Gasteiger charge is 2.27. The Kier molecular flexibility index (Phi) is 5.32. The van der Waals surface area contributed by atoms with Crippen LogP contribution >= 0.6 is 0 Å². The molecule has 0 aromatic carbocycles. The van der Waals surface area contributed by atoms with Gasteiger partial charge in [-0.2, -0.15) is 0 Å². The van der Waals surface area contributed by atoms with Crippen molar-refractivity contribution in [3.63, 3.8) is 0 Å². The van der Waals surface area contributed by atoms with Crippen molar-refractivity contribution in [2.24, 2.45) is 5.92 Å². The van der Waals surface area contributed by atoms with Gasteiger partial charge in [-0.15, -0.1) is 0 Å². The monoisotopic (exact) mass is 224 g/mol. The zero-order valence-electron chi connectivity index (χ0n) is 10.6. The molecule has 0 amide bonds. The number of nitrogens with zero attached hydrogens (tertiary/aromatic N) is 1. The fraction of sp³-hybridized carbons (Fsp3) is 0.750. The third kappa shape index (κ3) is 3.23. The van der Waals surface area contributed by atoms with E-state index in [0.29, 0.717) is 11.9 Å². The van der Waals surface area contributed by atoms with E-state index in [1.54, 1.807) is 0 Å². The van der Waals surface area contributed by atoms with Crippen LogP contribution in [-0.2, 0) is 0 Å². The van der Waals surface area contributed by atoms with Crippen molar-refractivity contribution >= 4 is 5.84 Å². The molecule has 0 bridgehead atoms. The van der Waals surface area contributed by atoms with Gasteiger partial charge in [0.15, 0.2) is 0 Å². The van der Waals surface area contributed by atoms with Crippen molar-refractivity contribution in [1.82, 2.24) is 15.5 Å². The Bertz CT molecular complexity index is 249. The summed E-state index contributed by atoms with van der Waals surface area (Å²) in [7, 11) is 3.87. The zero-order valence-corrected chi connectivity index (χ0v) is 10.6. The average molecular weight is 224 g/mol. The largest absolute Gasteiger partial charge is 0.394 e. The van der Waals surface area contributed by atoms with Crippen LogP contribution < -0.4 is 10.6 Å². The quantitative estimate of drug-likeness (QED) is 0.493. The molecule has 0 unspecified atom stereocenters. The SMILES string of the molecule is CC[C@@H]1CCN(C(=N)/C=C\NC)C[C@H]1NC. The molecule has 1 heterocycles. The van der Waals surface area contributed by atoms with Crippen LogP contribution in [0.15, 0.2) is 12.3 Å². The summed E-state index contributed by atoms with van der Waals surface area (Å²) < 4.78 is 0. The number of piperidine rings is 1. The Balaban J connectivity index is 2.53. The van der Waals surface area contributed by atoms with Crippen LogP contribution in [0.1, 0.15) is 19.8 Å². The van der Waals surface area contributed by atoms with E-state index in [1.165, 1.54) is 12.8 Å². The standard InChI is InChI=1S/C12H24N4/c1-4-10-6-8-16(9-11(10)15-3)12(13)5-7-14-2/h5,7,10-11,13-15H,4,6,8-9H2,1-3H3/b7-5-,13-12?/t10-,11-/m1/s1. The topological polar surface area (TPSA) is 51.2 Å². The number of nitrogens with one attached hydrogen (secondary N) is 3. The minimum atomic E-state index is 0.516. The molecule has 4 heteroatoms. The van der Waals surface area contributed by atoms with E-state index < -0.39 is 0 Å². The van der Waals surface area contributed by atoms with E-state index in [2.05, 4.69) is 22.5 Å². The van der Waals surface area contributed by atoms with E-state index in [1.807, 2.05) is 26.4 Å². The lowest BCUT2D eigenvalue weighted by atomic mass is 9.89. The maximum Gasteiger partial charge on any atom is 0.122 e. The molecule has 2 atom stereocenters. The minimum absolute atomic E-state index is 0.516. The number of hydrogen-bond donors (Lipinski definition) is 3. The van der Waals surface area contributed by atoms with Crippen LogP contribution in [0, 0.1) is 11.3 Å². The lowest BCUT2D eigenvalue weighted by Gasteiger charge is -2.38. The van der Waals surface area contributed by atoms with Gasteiger partial charge >= 0.3 is 0 Å². The van der Waals surface area contributed by atoms with E-state index in [4.69, 9.17) is 5.41 Å². The first-order valence-electron chi connectivity index (χ1n) is 6.07. The first kappa shape index (κ1) is 13.0. The van der Waals surface area contributed by atoms with E-state index in [-0.39, 0.29) is 0 Å². The third-order valence-corrected chi connectivity index (χ3v) is 3.40. The summed E-state index contributed by atoms with van der Waals surface area (Å²) >= 11 is 0. The van der Waals surface area contributed by atoms with Gasteiger partial charge < -0.3 is 15.5 Å². The summed E-state index contributed by atoms with van der Waals surface area (Å²) in [6.45, 7) is 4.20. The average Bonchev–Trinajstić information content (AvgIpc) is 2.34. The van der Waals surface area contributed by atoms with Gasteiger partial charge in [0.05, 0.1) is 0 Å². The summed E-state index contributed by atoms with van der Waals surface area (Å²) in [6, 6.07) is 0.516. The second kappa shape index (κ2) is 6.53. The molecular weight excluding hydrogens is 200 g/mol. The van der Waals surface area contributed by atoms with Gasteiger partial charge in [-0.3, -0.25) is 5.41 Å². The lowest BCUT2D eigenvalue weighted by Crippen LogP contribution is -2.51. The maximum absolute atomic E-state index is 7.95. The van der Waals surface area contributed by atoms with Crippen molar-refractivity contribution in [1.29, 1.82) is 5.41 Å². The molecule has 1 aliphatic heterocycles. The molecule has 1 aliphatic rings. The van der Waals surface area contributed by atoms with Gasteiger partial charge in [0, 0.05) is 26.2 Å². The van der Waals surface area contributed by atoms with Crippen LogP contribution in [-0.4, -0.2) is 44.0 Å². The Morgan fingerprint density at radius 2 is 2.25 bits per heavy atom. The van der Waals surface area contributed by atoms with Crippen molar-refractivity contribution in [2.75, 3.05) is 27.2 Å². The van der Waals surface area contributed by atoms with Crippen LogP contribution in [0.5, 0.6) is 0 Å². The first-order valence-corrected chi connectivity index (χ1v) is 6.07. The molecule has 0 radical (unpaired) electrons. The van der Waals surface area contributed by atoms with E-state index >= 15 is 0 Å². The van der Waals surface area contributed by atoms with Crippen molar-refractivity contribution in [3.05, 3.63) is 12.3 Å². The Morgan fingerprint density at radius 1 is 1.50 bits per heavy atom. The van der Waals surface area contributed by atoms with Gasteiger partial charge in [-0.05, 0) is 31.7 Å². The molecule has 0 aromatic heterocycles. The molecule has 0 aliphatic carbocycles. The number of amidine groups is 1. The lowest BCUT2D eigenvalue weighted by molar-refractivity contribution is 0.203. The van der Waals surface area contributed by atoms with Crippen LogP contribution in [0.4, 0.5) is 0 Å². The third-order valence-electron chi connectivity index (χ3n) is 3.40. The number of likely N-dealkylation sites (tertiary alicyclic amines) is 1. The molecule has 1 rings (SSSR count). The summed E-state index contributed by atoms with van der Waals surface area (Å²) in [4.78, 5) is 2.14. The van der Waals surface area contributed by atoms with Crippen molar-refractivity contribution < 1.29 is 0 Å². The molecule has 16 heavy (non-hydrogen) atoms. The molecule has 1 fully saturated rings. The Labute approximate surface area is 98.6 Å². The normalized spacial score (nSPS) is 26.1. The van der Waals surface area contributed by atoms with Gasteiger partial charge in [-0.1, -0.05) is 13.3 Å². The molecule has 92 valence electrons. The zero-order chi connectivity index (χ0) is 12.0. The molecule has 4 nitrogen and oxygen atoms in total. The highest BCUT2D eigenvalue weighted by molar-refractivity contribution is 5.90. The molecule has 0 spiro atoms. The van der Waals surface area contributed by atoms with Gasteiger partial charge in [-0.25, -0.2) is 0 Å². The van der Waals surface area contributed by atoms with E-state index in [9.17, 15) is 0 Å². The summed E-state index contributed by atoms with van der Waals surface area (Å²) in [5.74, 6) is 1.35. The molecule has 0 saturated carbocycles. The molecule has 1 saturated heterocycles. The highest BCUT2D eigenvalue weighted by atomic mass is 15.2. The first-order chi connectivity index (χ1) is 7.72. The second-order valence-electron chi connectivity index (χ2n) is 4.31. The Morgan fingerprint density at radius 3 is 2.81 bits per heavy atom. The van der Waals surface area contributed by atoms with Crippen molar-refractivity contribution in [2.45, 2.75) is 25.8 Å². The van der Waals surface area contributed by atoms with Crippen LogP contribution in [0.2, 0.25) is 0 Å². The second-order valence-corrected chi connectivity index (χ2v) is 4.31. The summed E-state index contributed by atoms with van der Waals surface area (Å²) in [5.41, 5.74) is 0. The maximum atomic E-state index is 7.95. The van der Waals surface area contributed by atoms with Gasteiger partial charge in [0.2, 0.25) is 0 Å². The summed E-state index contributed by atoms with van der Waals surface area (Å²) in [5, 5.41) is 14.2. The number of hydrogen-bond acceptors (Lipinski definition) is 3. The molecule has 0 aromatic rings. The molecule has 3 N–H and O–H groups in total. The van der Waals surface area contributed by atoms with Gasteiger partial charge in [0.25, 0.3) is 0 Å². The Hall–Kier alpha value is -1.03. The van der Waals surface area contributed by atoms with Crippen LogP contribution in [0.3, 0.4) is 0 Å². The predicted octanol–water partition coefficient (Wildman–Crippen LogP) is 1.02. The fourth-order valence-corrected chi connectivity index (χ4v) is 2.30. The minimum Gasteiger partial charge on any atom is -0.394 e. The number of likely N-dealkylation sites (N-methyl/N-ethyl adjacent to an activating group) is 1.